The molecule has 88 valence electrons. The van der Waals surface area contributed by atoms with Gasteiger partial charge in [0.05, 0.1) is 5.54 Å². The zero-order valence-corrected chi connectivity index (χ0v) is 9.90. The number of hydrogen-bond donors (Lipinski definition) is 3. The Hall–Kier alpha value is -0.320. The lowest BCUT2D eigenvalue weighted by molar-refractivity contribution is -0.127. The van der Waals surface area contributed by atoms with Gasteiger partial charge < -0.3 is 16.4 Å². The molecule has 0 aromatic heterocycles. The van der Waals surface area contributed by atoms with Crippen molar-refractivity contribution in [3.63, 3.8) is 0 Å². The smallest absolute Gasteiger partial charge is 0.240 e. The van der Waals surface area contributed by atoms with Crippen LogP contribution in [0.5, 0.6) is 0 Å². The van der Waals surface area contributed by atoms with Crippen molar-refractivity contribution in [1.29, 1.82) is 0 Å². The normalized spacial score (nSPS) is 29.1. The first-order chi connectivity index (χ1) is 6.60. The summed E-state index contributed by atoms with van der Waals surface area (Å²) >= 11 is 0. The molecule has 2 rings (SSSR count). The second-order valence-electron chi connectivity index (χ2n) is 4.72. The molecule has 4 nitrogen and oxygen atoms in total. The van der Waals surface area contributed by atoms with Crippen LogP contribution in [0.25, 0.3) is 0 Å². The van der Waals surface area contributed by atoms with Crippen molar-refractivity contribution in [3.05, 3.63) is 0 Å². The first-order valence-corrected chi connectivity index (χ1v) is 5.41. The van der Waals surface area contributed by atoms with E-state index < -0.39 is 5.54 Å². The summed E-state index contributed by atoms with van der Waals surface area (Å²) in [5.41, 5.74) is 5.36. The summed E-state index contributed by atoms with van der Waals surface area (Å²) in [6.07, 6.45) is 3.22. The summed E-state index contributed by atoms with van der Waals surface area (Å²) in [5, 5.41) is 6.23. The lowest BCUT2D eigenvalue weighted by atomic mass is 9.96. The van der Waals surface area contributed by atoms with Crippen LogP contribution < -0.4 is 16.4 Å². The Kier molecular flexibility index (Phi) is 3.98. The number of amides is 1. The van der Waals surface area contributed by atoms with Gasteiger partial charge in [0.1, 0.15) is 0 Å². The third-order valence-electron chi connectivity index (χ3n) is 3.31. The fraction of sp³-hybridized carbons (Fsp3) is 0.900. The minimum atomic E-state index is -0.650. The average Bonchev–Trinajstić information content (AvgIpc) is 2.88. The molecule has 1 heterocycles. The van der Waals surface area contributed by atoms with Crippen molar-refractivity contribution >= 4 is 18.3 Å². The molecule has 2 unspecified atom stereocenters. The Bertz CT molecular complexity index is 235. The highest BCUT2D eigenvalue weighted by molar-refractivity contribution is 5.86. The minimum Gasteiger partial charge on any atom is -0.350 e. The zero-order chi connectivity index (χ0) is 10.2. The van der Waals surface area contributed by atoms with Crippen LogP contribution in [0, 0.1) is 5.92 Å². The van der Waals surface area contributed by atoms with E-state index in [-0.39, 0.29) is 24.4 Å². The number of halogens is 1. The highest BCUT2D eigenvalue weighted by Crippen LogP contribution is 2.38. The maximum absolute atomic E-state index is 11.8. The molecule has 2 aliphatic rings. The first kappa shape index (κ1) is 12.7. The molecule has 0 radical (unpaired) electrons. The van der Waals surface area contributed by atoms with Crippen LogP contribution in [-0.2, 0) is 4.79 Å². The van der Waals surface area contributed by atoms with Gasteiger partial charge in [0, 0.05) is 12.6 Å². The summed E-state index contributed by atoms with van der Waals surface area (Å²) in [4.78, 5) is 11.8. The van der Waals surface area contributed by atoms with Crippen molar-refractivity contribution in [3.8, 4) is 0 Å². The van der Waals surface area contributed by atoms with Crippen molar-refractivity contribution in [1.82, 2.24) is 10.6 Å². The molecular formula is C10H20ClN3O. The molecule has 4 N–H and O–H groups in total. The van der Waals surface area contributed by atoms with Gasteiger partial charge in [0.15, 0.2) is 0 Å². The Labute approximate surface area is 96.8 Å². The predicted octanol–water partition coefficient (Wildman–Crippen LogP) is 0.0137. The van der Waals surface area contributed by atoms with Gasteiger partial charge in [0.25, 0.3) is 0 Å². The molecule has 0 spiro atoms. The SMILES string of the molecule is CC(N)(C(=O)NC1CCNC1)C1CC1.Cl. The largest absolute Gasteiger partial charge is 0.350 e. The van der Waals surface area contributed by atoms with Crippen LogP contribution in [0.3, 0.4) is 0 Å². The van der Waals surface area contributed by atoms with Crippen LogP contribution in [0.1, 0.15) is 26.2 Å². The van der Waals surface area contributed by atoms with Gasteiger partial charge in [-0.15, -0.1) is 12.4 Å². The summed E-state index contributed by atoms with van der Waals surface area (Å²) in [7, 11) is 0. The summed E-state index contributed by atoms with van der Waals surface area (Å²) in [6, 6.07) is 0.282. The van der Waals surface area contributed by atoms with Gasteiger partial charge in [-0.05, 0) is 38.6 Å². The Morgan fingerprint density at radius 2 is 2.13 bits per heavy atom. The molecule has 1 saturated carbocycles. The molecule has 0 aromatic carbocycles. The number of carbonyl (C=O) groups excluding carboxylic acids is 1. The van der Waals surface area contributed by atoms with Gasteiger partial charge in [-0.1, -0.05) is 0 Å². The molecule has 5 heteroatoms. The molecule has 1 amide bonds. The second kappa shape index (κ2) is 4.68. The third-order valence-corrected chi connectivity index (χ3v) is 3.31. The second-order valence-corrected chi connectivity index (χ2v) is 4.72. The molecular weight excluding hydrogens is 214 g/mol. The summed E-state index contributed by atoms with van der Waals surface area (Å²) in [6.45, 7) is 3.73. The first-order valence-electron chi connectivity index (χ1n) is 5.41. The fourth-order valence-corrected chi connectivity index (χ4v) is 1.99. The maximum Gasteiger partial charge on any atom is 0.240 e. The number of nitrogens with one attached hydrogen (secondary N) is 2. The molecule has 15 heavy (non-hydrogen) atoms. The van der Waals surface area contributed by atoms with E-state index in [2.05, 4.69) is 10.6 Å². The molecule has 1 aliphatic heterocycles. The highest BCUT2D eigenvalue weighted by atomic mass is 35.5. The quantitative estimate of drug-likeness (QED) is 0.644. The minimum absolute atomic E-state index is 0. The van der Waals surface area contributed by atoms with E-state index in [1.165, 1.54) is 0 Å². The van der Waals surface area contributed by atoms with E-state index in [0.29, 0.717) is 5.92 Å². The molecule has 2 atom stereocenters. The monoisotopic (exact) mass is 233 g/mol. The van der Waals surface area contributed by atoms with E-state index >= 15 is 0 Å². The Morgan fingerprint density at radius 3 is 2.60 bits per heavy atom. The lowest BCUT2D eigenvalue weighted by Crippen LogP contribution is -2.56. The fourth-order valence-electron chi connectivity index (χ4n) is 1.99. The van der Waals surface area contributed by atoms with Crippen molar-refractivity contribution in [2.75, 3.05) is 13.1 Å². The van der Waals surface area contributed by atoms with E-state index in [0.717, 1.165) is 32.4 Å². The highest BCUT2D eigenvalue weighted by Gasteiger charge is 2.44. The van der Waals surface area contributed by atoms with Crippen LogP contribution in [0.2, 0.25) is 0 Å². The van der Waals surface area contributed by atoms with Gasteiger partial charge in [-0.3, -0.25) is 4.79 Å². The Balaban J connectivity index is 0.00000112. The molecule has 0 aromatic rings. The van der Waals surface area contributed by atoms with Crippen molar-refractivity contribution < 1.29 is 4.79 Å². The van der Waals surface area contributed by atoms with Crippen molar-refractivity contribution in [2.45, 2.75) is 37.8 Å². The number of nitrogens with two attached hydrogens (primary N) is 1. The van der Waals surface area contributed by atoms with E-state index in [1.54, 1.807) is 0 Å². The van der Waals surface area contributed by atoms with E-state index in [9.17, 15) is 4.79 Å². The van der Waals surface area contributed by atoms with Gasteiger partial charge >= 0.3 is 0 Å². The average molecular weight is 234 g/mol. The lowest BCUT2D eigenvalue weighted by Gasteiger charge is -2.25. The molecule has 2 fully saturated rings. The Morgan fingerprint density at radius 1 is 1.47 bits per heavy atom. The van der Waals surface area contributed by atoms with Gasteiger partial charge in [-0.2, -0.15) is 0 Å². The topological polar surface area (TPSA) is 67.2 Å². The van der Waals surface area contributed by atoms with E-state index in [4.69, 9.17) is 5.73 Å². The van der Waals surface area contributed by atoms with Gasteiger partial charge in [0.2, 0.25) is 5.91 Å². The number of carbonyl (C=O) groups is 1. The van der Waals surface area contributed by atoms with E-state index in [1.807, 2.05) is 6.92 Å². The zero-order valence-electron chi connectivity index (χ0n) is 9.08. The third kappa shape index (κ3) is 2.83. The van der Waals surface area contributed by atoms with Gasteiger partial charge in [-0.25, -0.2) is 0 Å². The number of hydrogen-bond acceptors (Lipinski definition) is 3. The van der Waals surface area contributed by atoms with Crippen LogP contribution in [-0.4, -0.2) is 30.6 Å². The standard InChI is InChI=1S/C10H19N3O.ClH/c1-10(11,7-2-3-7)9(14)13-8-4-5-12-6-8;/h7-8,12H,2-6,11H2,1H3,(H,13,14);1H. The summed E-state index contributed by atoms with van der Waals surface area (Å²) in [5.74, 6) is 0.422. The number of rotatable bonds is 3. The van der Waals surface area contributed by atoms with Crippen LogP contribution in [0.15, 0.2) is 0 Å². The predicted molar refractivity (Wildman–Crippen MR) is 62.0 cm³/mol. The van der Waals surface area contributed by atoms with Crippen molar-refractivity contribution in [2.24, 2.45) is 11.7 Å². The molecule has 0 bridgehead atoms. The molecule has 1 aliphatic carbocycles. The summed E-state index contributed by atoms with van der Waals surface area (Å²) < 4.78 is 0. The van der Waals surface area contributed by atoms with Crippen LogP contribution in [0.4, 0.5) is 0 Å². The van der Waals surface area contributed by atoms with Crippen LogP contribution >= 0.6 is 12.4 Å². The maximum atomic E-state index is 11.8. The molecule has 1 saturated heterocycles.